The summed E-state index contributed by atoms with van der Waals surface area (Å²) in [5, 5.41) is 17.9. The van der Waals surface area contributed by atoms with Gasteiger partial charge in [0.05, 0.1) is 10.3 Å². The van der Waals surface area contributed by atoms with Crippen LogP contribution < -0.4 is 0 Å². The molecule has 0 aliphatic rings. The van der Waals surface area contributed by atoms with Gasteiger partial charge >= 0.3 is 5.97 Å². The number of nitrogens with zero attached hydrogens (tertiary/aromatic N) is 1. The fraction of sp³-hybridized carbons (Fsp3) is 0.357. The van der Waals surface area contributed by atoms with Gasteiger partial charge in [-0.25, -0.2) is 0 Å². The molecule has 0 fully saturated rings. The lowest BCUT2D eigenvalue weighted by Crippen LogP contribution is -2.21. The lowest BCUT2D eigenvalue weighted by Gasteiger charge is -2.20. The van der Waals surface area contributed by atoms with Gasteiger partial charge < -0.3 is 5.11 Å². The summed E-state index contributed by atoms with van der Waals surface area (Å²) in [7, 11) is 0. The molecule has 0 aliphatic carbocycles. The zero-order chi connectivity index (χ0) is 14.5. The Kier molecular flexibility index (Phi) is 5.52. The van der Waals surface area contributed by atoms with Gasteiger partial charge in [0.1, 0.15) is 4.75 Å². The molecule has 1 unspecified atom stereocenters. The largest absolute Gasteiger partial charge is 0.481 e. The van der Waals surface area contributed by atoms with Crippen LogP contribution in [-0.4, -0.2) is 20.0 Å². The van der Waals surface area contributed by atoms with Crippen LogP contribution in [0.2, 0.25) is 0 Å². The van der Waals surface area contributed by atoms with Gasteiger partial charge in [-0.2, -0.15) is 5.26 Å². The van der Waals surface area contributed by atoms with E-state index in [1.807, 2.05) is 31.2 Å². The van der Waals surface area contributed by atoms with Gasteiger partial charge in [0, 0.05) is 6.42 Å². The second kappa shape index (κ2) is 6.69. The number of carboxylic acids is 1. The molecular formula is C14H15NO2S2. The maximum Gasteiger partial charge on any atom is 0.303 e. The number of thioether (sulfide) groups is 1. The molecule has 3 nitrogen and oxygen atoms in total. The van der Waals surface area contributed by atoms with Crippen molar-refractivity contribution < 1.29 is 9.90 Å². The summed E-state index contributed by atoms with van der Waals surface area (Å²) in [6.07, 6.45) is 0.239. The summed E-state index contributed by atoms with van der Waals surface area (Å²) >= 11 is 6.60. The summed E-state index contributed by atoms with van der Waals surface area (Å²) < 4.78 is -0.183. The van der Waals surface area contributed by atoms with Gasteiger partial charge in [0.25, 0.3) is 0 Å². The van der Waals surface area contributed by atoms with E-state index < -0.39 is 10.7 Å². The fourth-order valence-corrected chi connectivity index (χ4v) is 3.09. The Balaban J connectivity index is 2.78. The van der Waals surface area contributed by atoms with Crippen molar-refractivity contribution in [3.8, 4) is 6.07 Å². The SMILES string of the molecule is Cc1cccc(C(=S)SC(C)(C#N)CCC(=O)O)c1. The molecule has 1 rings (SSSR count). The predicted octanol–water partition coefficient (Wildman–Crippen LogP) is 3.55. The Morgan fingerprint density at radius 1 is 1.58 bits per heavy atom. The molecule has 1 aromatic rings. The highest BCUT2D eigenvalue weighted by molar-refractivity contribution is 8.24. The third kappa shape index (κ3) is 5.01. The number of carbonyl (C=O) groups is 1. The third-order valence-electron chi connectivity index (χ3n) is 2.62. The van der Waals surface area contributed by atoms with E-state index in [1.54, 1.807) is 6.92 Å². The molecule has 0 saturated carbocycles. The summed E-state index contributed by atoms with van der Waals surface area (Å²) in [4.78, 5) is 10.6. The minimum atomic E-state index is -0.899. The number of nitriles is 1. The molecule has 0 saturated heterocycles. The van der Waals surface area contributed by atoms with Crippen molar-refractivity contribution in [3.05, 3.63) is 35.4 Å². The number of hydrogen-bond acceptors (Lipinski definition) is 4. The molecule has 19 heavy (non-hydrogen) atoms. The standard InChI is InChI=1S/C14H15NO2S2/c1-10-4-3-5-11(8-10)13(18)19-14(2,9-15)7-6-12(16)17/h3-5,8H,6-7H2,1-2H3,(H,16,17). The Morgan fingerprint density at radius 2 is 2.26 bits per heavy atom. The first-order valence-corrected chi connectivity index (χ1v) is 7.02. The van der Waals surface area contributed by atoms with Crippen LogP contribution in [-0.2, 0) is 4.79 Å². The lowest BCUT2D eigenvalue weighted by molar-refractivity contribution is -0.137. The van der Waals surface area contributed by atoms with Crippen LogP contribution in [0.5, 0.6) is 0 Å². The summed E-state index contributed by atoms with van der Waals surface area (Å²) in [5.74, 6) is -0.899. The van der Waals surface area contributed by atoms with Crippen molar-refractivity contribution in [2.75, 3.05) is 0 Å². The number of aryl methyl sites for hydroxylation is 1. The molecular weight excluding hydrogens is 278 g/mol. The van der Waals surface area contributed by atoms with Gasteiger partial charge in [0.15, 0.2) is 0 Å². The Labute approximate surface area is 122 Å². The van der Waals surface area contributed by atoms with Crippen LogP contribution in [0.15, 0.2) is 24.3 Å². The van der Waals surface area contributed by atoms with Crippen molar-refractivity contribution in [2.45, 2.75) is 31.4 Å². The van der Waals surface area contributed by atoms with Gasteiger partial charge in [-0.05, 0) is 25.8 Å². The molecule has 0 spiro atoms. The van der Waals surface area contributed by atoms with E-state index in [0.717, 1.165) is 11.1 Å². The van der Waals surface area contributed by atoms with Crippen LogP contribution in [0.1, 0.15) is 30.9 Å². The fourth-order valence-electron chi connectivity index (χ4n) is 1.51. The highest BCUT2D eigenvalue weighted by atomic mass is 32.2. The summed E-state index contributed by atoms with van der Waals surface area (Å²) in [5.41, 5.74) is 2.00. The first kappa shape index (κ1) is 15.7. The smallest absolute Gasteiger partial charge is 0.303 e. The average Bonchev–Trinajstić information content (AvgIpc) is 2.36. The van der Waals surface area contributed by atoms with E-state index in [2.05, 4.69) is 6.07 Å². The molecule has 100 valence electrons. The monoisotopic (exact) mass is 293 g/mol. The Morgan fingerprint density at radius 3 is 2.79 bits per heavy atom. The molecule has 0 amide bonds. The zero-order valence-corrected chi connectivity index (χ0v) is 12.5. The highest BCUT2D eigenvalue weighted by Gasteiger charge is 2.27. The van der Waals surface area contributed by atoms with Gasteiger partial charge in [-0.3, -0.25) is 4.79 Å². The van der Waals surface area contributed by atoms with Gasteiger partial charge in [0.2, 0.25) is 0 Å². The van der Waals surface area contributed by atoms with Gasteiger partial charge in [-0.1, -0.05) is 53.8 Å². The van der Waals surface area contributed by atoms with Crippen molar-refractivity contribution in [1.82, 2.24) is 0 Å². The van der Waals surface area contributed by atoms with Crippen molar-refractivity contribution >= 4 is 34.1 Å². The predicted molar refractivity (Wildman–Crippen MR) is 81.4 cm³/mol. The molecule has 0 aliphatic heterocycles. The maximum atomic E-state index is 10.6. The maximum absolute atomic E-state index is 10.6. The van der Waals surface area contributed by atoms with Crippen LogP contribution >= 0.6 is 24.0 Å². The number of thiocarbonyl (C=S) groups is 1. The van der Waals surface area contributed by atoms with Crippen molar-refractivity contribution in [3.63, 3.8) is 0 Å². The molecule has 1 aromatic carbocycles. The van der Waals surface area contributed by atoms with Crippen LogP contribution in [0, 0.1) is 18.3 Å². The van der Waals surface area contributed by atoms with E-state index in [4.69, 9.17) is 17.3 Å². The average molecular weight is 293 g/mol. The minimum absolute atomic E-state index is 0.0342. The van der Waals surface area contributed by atoms with E-state index >= 15 is 0 Å². The zero-order valence-electron chi connectivity index (χ0n) is 10.8. The lowest BCUT2D eigenvalue weighted by atomic mass is 10.1. The second-order valence-corrected chi connectivity index (χ2v) is 6.68. The molecule has 1 atom stereocenters. The molecule has 0 radical (unpaired) electrons. The van der Waals surface area contributed by atoms with E-state index in [-0.39, 0.29) is 12.8 Å². The molecule has 5 heteroatoms. The van der Waals surface area contributed by atoms with E-state index in [0.29, 0.717) is 4.20 Å². The highest BCUT2D eigenvalue weighted by Crippen LogP contribution is 2.33. The van der Waals surface area contributed by atoms with Crippen molar-refractivity contribution in [1.29, 1.82) is 5.26 Å². The van der Waals surface area contributed by atoms with Crippen LogP contribution in [0.4, 0.5) is 0 Å². The number of hydrogen-bond donors (Lipinski definition) is 1. The van der Waals surface area contributed by atoms with Crippen LogP contribution in [0.3, 0.4) is 0 Å². The topological polar surface area (TPSA) is 61.1 Å². The Bertz CT molecular complexity index is 536. The molecule has 0 bridgehead atoms. The number of rotatable bonds is 5. The quantitative estimate of drug-likeness (QED) is 0.841. The number of benzene rings is 1. The normalized spacial score (nSPS) is 13.3. The van der Waals surface area contributed by atoms with Crippen molar-refractivity contribution in [2.24, 2.45) is 0 Å². The summed E-state index contributed by atoms with van der Waals surface area (Å²) in [6.45, 7) is 3.70. The van der Waals surface area contributed by atoms with Crippen LogP contribution in [0.25, 0.3) is 0 Å². The van der Waals surface area contributed by atoms with E-state index in [1.165, 1.54) is 11.8 Å². The minimum Gasteiger partial charge on any atom is -0.481 e. The number of aliphatic carboxylic acids is 1. The second-order valence-electron chi connectivity index (χ2n) is 4.50. The summed E-state index contributed by atoms with van der Waals surface area (Å²) in [6, 6.07) is 9.92. The molecule has 0 heterocycles. The first-order valence-electron chi connectivity index (χ1n) is 5.79. The molecule has 0 aromatic heterocycles. The number of carboxylic acid groups (broad SMARTS) is 1. The third-order valence-corrected chi connectivity index (χ3v) is 4.28. The van der Waals surface area contributed by atoms with E-state index in [9.17, 15) is 10.1 Å². The first-order chi connectivity index (χ1) is 8.86. The van der Waals surface area contributed by atoms with Gasteiger partial charge in [-0.15, -0.1) is 0 Å². The molecule has 1 N–H and O–H groups in total. The Hall–Kier alpha value is -1.38.